The Morgan fingerprint density at radius 1 is 0.758 bits per heavy atom. The number of hydrogen-bond acceptors (Lipinski definition) is 5. The van der Waals surface area contributed by atoms with Crippen LogP contribution in [0.2, 0.25) is 0 Å². The molecule has 0 unspecified atom stereocenters. The van der Waals surface area contributed by atoms with E-state index < -0.39 is 30.1 Å². The predicted molar refractivity (Wildman–Crippen MR) is 118 cm³/mol. The minimum Gasteiger partial charge on any atom is -0.489 e. The van der Waals surface area contributed by atoms with E-state index in [1.807, 2.05) is 30.3 Å². The summed E-state index contributed by atoms with van der Waals surface area (Å²) in [6.07, 6.45) is 0. The number of carbonyl (C=O) groups excluding carboxylic acids is 3. The van der Waals surface area contributed by atoms with Gasteiger partial charge in [0.2, 0.25) is 0 Å². The highest BCUT2D eigenvalue weighted by atomic mass is 19.1. The Kier molecular flexibility index (Phi) is 8.35. The van der Waals surface area contributed by atoms with Gasteiger partial charge in [0.25, 0.3) is 17.7 Å². The van der Waals surface area contributed by atoms with Crippen molar-refractivity contribution >= 4 is 17.7 Å². The van der Waals surface area contributed by atoms with Crippen LogP contribution in [0.15, 0.2) is 78.9 Å². The number of benzene rings is 3. The molecule has 8 nitrogen and oxygen atoms in total. The van der Waals surface area contributed by atoms with E-state index in [-0.39, 0.29) is 12.2 Å². The van der Waals surface area contributed by atoms with Gasteiger partial charge in [-0.25, -0.2) is 4.39 Å². The highest BCUT2D eigenvalue weighted by Gasteiger charge is 2.10. The van der Waals surface area contributed by atoms with Crippen LogP contribution in [0.5, 0.6) is 11.5 Å². The smallest absolute Gasteiger partial charge is 0.276 e. The van der Waals surface area contributed by atoms with Gasteiger partial charge in [-0.3, -0.25) is 25.2 Å². The third-order valence-corrected chi connectivity index (χ3v) is 4.28. The van der Waals surface area contributed by atoms with Crippen molar-refractivity contribution in [1.29, 1.82) is 0 Å². The van der Waals surface area contributed by atoms with Crippen LogP contribution in [0.4, 0.5) is 4.39 Å². The Labute approximate surface area is 189 Å². The summed E-state index contributed by atoms with van der Waals surface area (Å²) in [4.78, 5) is 35.5. The summed E-state index contributed by atoms with van der Waals surface area (Å²) in [7, 11) is 0. The Morgan fingerprint density at radius 2 is 1.42 bits per heavy atom. The summed E-state index contributed by atoms with van der Waals surface area (Å²) in [5, 5.41) is 2.32. The molecule has 9 heteroatoms. The molecule has 0 saturated carbocycles. The molecule has 0 bridgehead atoms. The van der Waals surface area contributed by atoms with Gasteiger partial charge in [-0.15, -0.1) is 0 Å². The first kappa shape index (κ1) is 23.3. The second kappa shape index (κ2) is 11.8. The number of amides is 3. The second-order valence-corrected chi connectivity index (χ2v) is 6.82. The molecule has 0 fully saturated rings. The molecule has 170 valence electrons. The van der Waals surface area contributed by atoms with Crippen molar-refractivity contribution in [2.75, 3.05) is 13.2 Å². The van der Waals surface area contributed by atoms with Crippen LogP contribution in [0.25, 0.3) is 0 Å². The Hall–Kier alpha value is -4.40. The van der Waals surface area contributed by atoms with E-state index in [9.17, 15) is 18.8 Å². The van der Waals surface area contributed by atoms with Gasteiger partial charge in [0.1, 0.15) is 23.9 Å². The van der Waals surface area contributed by atoms with Crippen molar-refractivity contribution in [3.05, 3.63) is 95.8 Å². The maximum absolute atomic E-state index is 13.1. The van der Waals surface area contributed by atoms with Crippen molar-refractivity contribution in [1.82, 2.24) is 16.2 Å². The highest BCUT2D eigenvalue weighted by Crippen LogP contribution is 2.18. The summed E-state index contributed by atoms with van der Waals surface area (Å²) in [5.74, 6) is -1.32. The summed E-state index contributed by atoms with van der Waals surface area (Å²) < 4.78 is 24.2. The topological polar surface area (TPSA) is 106 Å². The molecule has 0 aliphatic rings. The SMILES string of the molecule is O=C(CNC(=O)c1cccc(F)c1)NNC(=O)COc1ccc(OCc2ccccc2)cc1. The van der Waals surface area contributed by atoms with Gasteiger partial charge in [-0.2, -0.15) is 0 Å². The monoisotopic (exact) mass is 451 g/mol. The first-order valence-corrected chi connectivity index (χ1v) is 10.0. The molecule has 0 atom stereocenters. The van der Waals surface area contributed by atoms with Gasteiger partial charge in [0, 0.05) is 5.56 Å². The van der Waals surface area contributed by atoms with Crippen LogP contribution < -0.4 is 25.6 Å². The molecule has 0 aliphatic heterocycles. The largest absolute Gasteiger partial charge is 0.489 e. The molecule has 33 heavy (non-hydrogen) atoms. The average Bonchev–Trinajstić information content (AvgIpc) is 2.84. The zero-order valence-electron chi connectivity index (χ0n) is 17.5. The van der Waals surface area contributed by atoms with Crippen molar-refractivity contribution in [2.45, 2.75) is 6.61 Å². The molecular formula is C24H22FN3O5. The number of hydrogen-bond donors (Lipinski definition) is 3. The fourth-order valence-electron chi connectivity index (χ4n) is 2.63. The third kappa shape index (κ3) is 7.98. The molecule has 0 spiro atoms. The van der Waals surface area contributed by atoms with Crippen LogP contribution in [-0.4, -0.2) is 30.9 Å². The van der Waals surface area contributed by atoms with Gasteiger partial charge in [0.15, 0.2) is 6.61 Å². The third-order valence-electron chi connectivity index (χ3n) is 4.28. The standard InChI is InChI=1S/C24H22FN3O5/c25-19-8-4-7-18(13-19)24(31)26-14-22(29)27-28-23(30)16-33-21-11-9-20(10-12-21)32-15-17-5-2-1-3-6-17/h1-13H,14-16H2,(H,26,31)(H,27,29)(H,28,30). The molecule has 0 heterocycles. The van der Waals surface area contributed by atoms with E-state index in [0.717, 1.165) is 11.6 Å². The molecule has 0 aromatic heterocycles. The normalized spacial score (nSPS) is 10.1. The first-order valence-electron chi connectivity index (χ1n) is 10.0. The van der Waals surface area contributed by atoms with Crippen LogP contribution in [-0.2, 0) is 16.2 Å². The Morgan fingerprint density at radius 3 is 2.12 bits per heavy atom. The summed E-state index contributed by atoms with van der Waals surface area (Å²) in [6.45, 7) is -0.299. The Balaban J connectivity index is 1.32. The van der Waals surface area contributed by atoms with Gasteiger partial charge < -0.3 is 14.8 Å². The number of nitrogens with one attached hydrogen (secondary N) is 3. The second-order valence-electron chi connectivity index (χ2n) is 6.82. The number of rotatable bonds is 9. The maximum atomic E-state index is 13.1. The van der Waals surface area contributed by atoms with Crippen molar-refractivity contribution < 1.29 is 28.2 Å². The van der Waals surface area contributed by atoms with Gasteiger partial charge in [-0.1, -0.05) is 36.4 Å². The number of halogens is 1. The quantitative estimate of drug-likeness (QED) is 0.433. The van der Waals surface area contributed by atoms with E-state index in [1.54, 1.807) is 24.3 Å². The van der Waals surface area contributed by atoms with E-state index in [0.29, 0.717) is 18.1 Å². The fourth-order valence-corrected chi connectivity index (χ4v) is 2.63. The van der Waals surface area contributed by atoms with Crippen molar-refractivity contribution in [3.63, 3.8) is 0 Å². The molecule has 3 aromatic rings. The minimum atomic E-state index is -0.659. The van der Waals surface area contributed by atoms with E-state index in [1.165, 1.54) is 18.2 Å². The first-order chi connectivity index (χ1) is 16.0. The van der Waals surface area contributed by atoms with Crippen molar-refractivity contribution in [3.8, 4) is 11.5 Å². The number of carbonyl (C=O) groups is 3. The predicted octanol–water partition coefficient (Wildman–Crippen LogP) is 2.36. The molecular weight excluding hydrogens is 429 g/mol. The zero-order chi connectivity index (χ0) is 23.5. The molecule has 3 N–H and O–H groups in total. The van der Waals surface area contributed by atoms with Crippen molar-refractivity contribution in [2.24, 2.45) is 0 Å². The zero-order valence-corrected chi connectivity index (χ0v) is 17.5. The lowest BCUT2D eigenvalue weighted by atomic mass is 10.2. The molecule has 0 saturated heterocycles. The highest BCUT2D eigenvalue weighted by molar-refractivity contribution is 5.96. The van der Waals surface area contributed by atoms with E-state index in [4.69, 9.17) is 9.47 Å². The van der Waals surface area contributed by atoms with Gasteiger partial charge in [0.05, 0.1) is 6.54 Å². The van der Waals surface area contributed by atoms with Crippen LogP contribution in [0.3, 0.4) is 0 Å². The molecule has 3 rings (SSSR count). The van der Waals surface area contributed by atoms with Crippen LogP contribution in [0, 0.1) is 5.82 Å². The molecule has 3 aromatic carbocycles. The lowest BCUT2D eigenvalue weighted by Gasteiger charge is -2.10. The van der Waals surface area contributed by atoms with E-state index >= 15 is 0 Å². The summed E-state index contributed by atoms with van der Waals surface area (Å²) >= 11 is 0. The van der Waals surface area contributed by atoms with Gasteiger partial charge in [-0.05, 0) is 48.0 Å². The Bertz CT molecular complexity index is 1090. The lowest BCUT2D eigenvalue weighted by Crippen LogP contribution is -2.47. The van der Waals surface area contributed by atoms with Crippen LogP contribution in [0.1, 0.15) is 15.9 Å². The molecule has 3 amide bonds. The molecule has 0 aliphatic carbocycles. The minimum absolute atomic E-state index is 0.0803. The molecule has 0 radical (unpaired) electrons. The maximum Gasteiger partial charge on any atom is 0.276 e. The number of ether oxygens (including phenoxy) is 2. The van der Waals surface area contributed by atoms with Crippen LogP contribution >= 0.6 is 0 Å². The summed E-state index contributed by atoms with van der Waals surface area (Å²) in [6, 6.07) is 21.6. The van der Waals surface area contributed by atoms with Gasteiger partial charge >= 0.3 is 0 Å². The van der Waals surface area contributed by atoms with E-state index in [2.05, 4.69) is 16.2 Å². The summed E-state index contributed by atoms with van der Waals surface area (Å²) in [5.41, 5.74) is 5.45. The number of hydrazine groups is 1. The fraction of sp³-hybridized carbons (Fsp3) is 0.125. The average molecular weight is 451 g/mol. The lowest BCUT2D eigenvalue weighted by molar-refractivity contribution is -0.129.